The lowest BCUT2D eigenvalue weighted by atomic mass is 9.79. The van der Waals surface area contributed by atoms with E-state index in [1.54, 1.807) is 12.0 Å². The molecular formula is C24H31F3N2O3S. The van der Waals surface area contributed by atoms with Gasteiger partial charge in [0.15, 0.2) is 0 Å². The fourth-order valence-corrected chi connectivity index (χ4v) is 8.04. The molecule has 33 heavy (non-hydrogen) atoms. The third-order valence-electron chi connectivity index (χ3n) is 8.08. The Labute approximate surface area is 196 Å². The summed E-state index contributed by atoms with van der Waals surface area (Å²) in [7, 11) is 1.72. The van der Waals surface area contributed by atoms with Crippen LogP contribution in [0.3, 0.4) is 0 Å². The monoisotopic (exact) mass is 484 g/mol. The van der Waals surface area contributed by atoms with Gasteiger partial charge in [-0.3, -0.25) is 9.78 Å². The number of ether oxygens (including phenoxy) is 2. The average Bonchev–Trinajstić information content (AvgIpc) is 3.38. The Balaban J connectivity index is 1.34. The van der Waals surface area contributed by atoms with Crippen molar-refractivity contribution in [3.05, 3.63) is 29.1 Å². The van der Waals surface area contributed by atoms with Crippen molar-refractivity contribution in [2.24, 2.45) is 23.7 Å². The Hall–Kier alpha value is -1.32. The third kappa shape index (κ3) is 4.65. The fraction of sp³-hybridized carbons (Fsp3) is 0.750. The predicted molar refractivity (Wildman–Crippen MR) is 119 cm³/mol. The van der Waals surface area contributed by atoms with Gasteiger partial charge in [-0.25, -0.2) is 0 Å². The summed E-state index contributed by atoms with van der Waals surface area (Å²) >= 11 is 1.98. The number of carbonyl (C=O) groups is 1. The van der Waals surface area contributed by atoms with Crippen molar-refractivity contribution >= 4 is 17.7 Å². The van der Waals surface area contributed by atoms with Crippen molar-refractivity contribution in [2.75, 3.05) is 32.6 Å². The van der Waals surface area contributed by atoms with E-state index in [9.17, 15) is 18.0 Å². The summed E-state index contributed by atoms with van der Waals surface area (Å²) in [5.74, 6) is 2.21. The molecular weight excluding hydrogens is 453 g/mol. The van der Waals surface area contributed by atoms with E-state index in [-0.39, 0.29) is 24.5 Å². The van der Waals surface area contributed by atoms with Gasteiger partial charge >= 0.3 is 6.18 Å². The van der Waals surface area contributed by atoms with Crippen LogP contribution in [0.1, 0.15) is 42.5 Å². The van der Waals surface area contributed by atoms with Crippen LogP contribution in [0.2, 0.25) is 0 Å². The molecule has 5 rings (SSSR count). The van der Waals surface area contributed by atoms with Gasteiger partial charge in [-0.2, -0.15) is 24.9 Å². The summed E-state index contributed by atoms with van der Waals surface area (Å²) in [6.45, 7) is 2.08. The fourth-order valence-electron chi connectivity index (χ4n) is 6.40. The van der Waals surface area contributed by atoms with Crippen molar-refractivity contribution in [1.82, 2.24) is 9.88 Å². The molecule has 6 atom stereocenters. The minimum atomic E-state index is -4.43. The largest absolute Gasteiger partial charge is 0.417 e. The number of aromatic nitrogens is 1. The predicted octanol–water partition coefficient (Wildman–Crippen LogP) is 4.18. The number of pyridine rings is 1. The van der Waals surface area contributed by atoms with Crippen LogP contribution >= 0.6 is 11.8 Å². The molecule has 4 aliphatic rings. The molecule has 2 saturated heterocycles. The molecule has 5 nitrogen and oxygen atoms in total. The lowest BCUT2D eigenvalue weighted by molar-refractivity contribution is -0.140. The number of methoxy groups -OCH3 is 1. The van der Waals surface area contributed by atoms with E-state index in [1.807, 2.05) is 11.8 Å². The number of thioether (sulfide) groups is 1. The molecule has 3 aliphatic heterocycles. The summed E-state index contributed by atoms with van der Waals surface area (Å²) in [6.07, 6.45) is 1.04. The standard InChI is InChI=1S/C24H31F3N2O3S/c1-31-20-13-32-6-3-14(20)8-15-10-21-18(4-7-33-21)22(15)23(30)29-5-2-19-16(12-29)9-17(11-28-19)24(25,26)27/h9,11,14-15,18,20-22H,2-8,10,12-13H2,1H3/t14?,15-,18-,20?,21-,22-/m1/s1. The zero-order chi connectivity index (χ0) is 23.2. The van der Waals surface area contributed by atoms with E-state index in [4.69, 9.17) is 9.47 Å². The molecule has 182 valence electrons. The number of carbonyl (C=O) groups excluding carboxylic acids is 1. The van der Waals surface area contributed by atoms with Crippen LogP contribution in [0.25, 0.3) is 0 Å². The van der Waals surface area contributed by atoms with Crippen molar-refractivity contribution in [1.29, 1.82) is 0 Å². The molecule has 2 unspecified atom stereocenters. The summed E-state index contributed by atoms with van der Waals surface area (Å²) in [5, 5.41) is 0.514. The van der Waals surface area contributed by atoms with E-state index in [0.29, 0.717) is 53.8 Å². The second kappa shape index (κ2) is 9.38. The van der Waals surface area contributed by atoms with Gasteiger partial charge in [0, 0.05) is 56.3 Å². The maximum atomic E-state index is 13.9. The minimum Gasteiger partial charge on any atom is -0.379 e. The first-order valence-electron chi connectivity index (χ1n) is 11.9. The molecule has 1 aromatic rings. The van der Waals surface area contributed by atoms with E-state index in [1.165, 1.54) is 6.07 Å². The first kappa shape index (κ1) is 23.4. The van der Waals surface area contributed by atoms with Gasteiger partial charge in [0.25, 0.3) is 0 Å². The topological polar surface area (TPSA) is 51.7 Å². The highest BCUT2D eigenvalue weighted by Gasteiger charge is 2.51. The first-order chi connectivity index (χ1) is 15.8. The van der Waals surface area contributed by atoms with Crippen molar-refractivity contribution < 1.29 is 27.4 Å². The third-order valence-corrected chi connectivity index (χ3v) is 9.52. The second-order valence-corrected chi connectivity index (χ2v) is 11.2. The number of hydrogen-bond acceptors (Lipinski definition) is 5. The summed E-state index contributed by atoms with van der Waals surface area (Å²) < 4.78 is 50.9. The molecule has 0 N–H and O–H groups in total. The van der Waals surface area contributed by atoms with Gasteiger partial charge in [0.2, 0.25) is 5.91 Å². The maximum absolute atomic E-state index is 13.9. The molecule has 1 amide bonds. The average molecular weight is 485 g/mol. The van der Waals surface area contributed by atoms with Crippen LogP contribution in [0.5, 0.6) is 0 Å². The smallest absolute Gasteiger partial charge is 0.379 e. The summed E-state index contributed by atoms with van der Waals surface area (Å²) in [5.41, 5.74) is 0.460. The Bertz CT molecular complexity index is 883. The van der Waals surface area contributed by atoms with Gasteiger partial charge in [0.05, 0.1) is 18.3 Å². The zero-order valence-corrected chi connectivity index (χ0v) is 19.7. The highest BCUT2D eigenvalue weighted by Crippen LogP contribution is 2.53. The first-order valence-corrected chi connectivity index (χ1v) is 13.0. The molecule has 0 radical (unpaired) electrons. The number of halogens is 3. The summed E-state index contributed by atoms with van der Waals surface area (Å²) in [4.78, 5) is 19.7. The Morgan fingerprint density at radius 2 is 2.18 bits per heavy atom. The van der Waals surface area contributed by atoms with Crippen molar-refractivity contribution in [2.45, 2.75) is 56.2 Å². The van der Waals surface area contributed by atoms with E-state index < -0.39 is 11.7 Å². The van der Waals surface area contributed by atoms with Crippen LogP contribution in [0, 0.1) is 23.7 Å². The second-order valence-electron chi connectivity index (χ2n) is 9.85. The van der Waals surface area contributed by atoms with Gasteiger partial charge in [-0.1, -0.05) is 0 Å². The lowest BCUT2D eigenvalue weighted by Crippen LogP contribution is -2.44. The SMILES string of the molecule is COC1COCCC1C[C@@H]1C[C@H]2SCC[C@H]2[C@@H]1C(=O)N1CCc2ncc(C(F)(F)F)cc2C1. The number of nitrogens with zero attached hydrogens (tertiary/aromatic N) is 2. The molecule has 1 aromatic heterocycles. The molecule has 1 aliphatic carbocycles. The van der Waals surface area contributed by atoms with Crippen LogP contribution in [-0.2, 0) is 33.4 Å². The van der Waals surface area contributed by atoms with Crippen LogP contribution < -0.4 is 0 Å². The highest BCUT2D eigenvalue weighted by atomic mass is 32.2. The van der Waals surface area contributed by atoms with Gasteiger partial charge in [-0.05, 0) is 60.8 Å². The quantitative estimate of drug-likeness (QED) is 0.642. The molecule has 4 heterocycles. The van der Waals surface area contributed by atoms with Crippen LogP contribution in [0.4, 0.5) is 13.2 Å². The number of alkyl halides is 3. The molecule has 3 fully saturated rings. The normalized spacial score (nSPS) is 34.2. The Morgan fingerprint density at radius 3 is 2.97 bits per heavy atom. The molecule has 0 bridgehead atoms. The Morgan fingerprint density at radius 1 is 1.33 bits per heavy atom. The zero-order valence-electron chi connectivity index (χ0n) is 18.9. The van der Waals surface area contributed by atoms with Crippen LogP contribution in [-0.4, -0.2) is 59.8 Å². The number of hydrogen-bond donors (Lipinski definition) is 0. The Kier molecular flexibility index (Phi) is 6.66. The minimum absolute atomic E-state index is 0.0503. The van der Waals surface area contributed by atoms with Crippen LogP contribution in [0.15, 0.2) is 12.3 Å². The van der Waals surface area contributed by atoms with Crippen molar-refractivity contribution in [3.63, 3.8) is 0 Å². The van der Waals surface area contributed by atoms with Gasteiger partial charge in [0.1, 0.15) is 0 Å². The number of fused-ring (bicyclic) bond motifs is 2. The molecule has 0 aromatic carbocycles. The number of amides is 1. The van der Waals surface area contributed by atoms with E-state index in [2.05, 4.69) is 4.98 Å². The summed E-state index contributed by atoms with van der Waals surface area (Å²) in [6, 6.07) is 1.17. The van der Waals surface area contributed by atoms with E-state index >= 15 is 0 Å². The lowest BCUT2D eigenvalue weighted by Gasteiger charge is -2.36. The highest BCUT2D eigenvalue weighted by molar-refractivity contribution is 8.00. The van der Waals surface area contributed by atoms with Crippen molar-refractivity contribution in [3.8, 4) is 0 Å². The van der Waals surface area contributed by atoms with Gasteiger partial charge < -0.3 is 14.4 Å². The maximum Gasteiger partial charge on any atom is 0.417 e. The molecule has 9 heteroatoms. The number of rotatable bonds is 4. The molecule has 1 saturated carbocycles. The molecule has 0 spiro atoms. The van der Waals surface area contributed by atoms with E-state index in [0.717, 1.165) is 44.2 Å². The van der Waals surface area contributed by atoms with Gasteiger partial charge in [-0.15, -0.1) is 0 Å².